The van der Waals surface area contributed by atoms with E-state index in [2.05, 4.69) is 20.8 Å². The minimum atomic E-state index is -0.00758. The lowest BCUT2D eigenvalue weighted by atomic mass is 10.2. The molecule has 1 aromatic heterocycles. The summed E-state index contributed by atoms with van der Waals surface area (Å²) in [5, 5.41) is 13.7. The molecule has 106 valence electrons. The lowest BCUT2D eigenvalue weighted by Crippen LogP contribution is -2.34. The van der Waals surface area contributed by atoms with Gasteiger partial charge in [-0.1, -0.05) is 30.3 Å². The van der Waals surface area contributed by atoms with E-state index < -0.39 is 0 Å². The Bertz CT molecular complexity index is 538. The predicted octanol–water partition coefficient (Wildman–Crippen LogP) is 0.264. The molecule has 0 aliphatic heterocycles. The van der Waals surface area contributed by atoms with E-state index in [1.807, 2.05) is 41.9 Å². The van der Waals surface area contributed by atoms with E-state index in [1.165, 1.54) is 0 Å². The Morgan fingerprint density at radius 2 is 2.10 bits per heavy atom. The average Bonchev–Trinajstić information content (AvgIpc) is 2.88. The maximum atomic E-state index is 11.6. The van der Waals surface area contributed by atoms with E-state index in [4.69, 9.17) is 0 Å². The van der Waals surface area contributed by atoms with Crippen LogP contribution in [0.25, 0.3) is 0 Å². The molecule has 20 heavy (non-hydrogen) atoms. The highest BCUT2D eigenvalue weighted by molar-refractivity contribution is 5.77. The van der Waals surface area contributed by atoms with Gasteiger partial charge in [0.2, 0.25) is 5.91 Å². The van der Waals surface area contributed by atoms with Crippen molar-refractivity contribution in [1.82, 2.24) is 25.4 Å². The van der Waals surface area contributed by atoms with Crippen molar-refractivity contribution in [2.75, 3.05) is 13.1 Å². The zero-order valence-electron chi connectivity index (χ0n) is 11.5. The van der Waals surface area contributed by atoms with E-state index in [-0.39, 0.29) is 5.91 Å². The van der Waals surface area contributed by atoms with Crippen molar-refractivity contribution in [2.45, 2.75) is 13.0 Å². The smallest absolute Gasteiger partial charge is 0.234 e. The molecule has 2 N–H and O–H groups in total. The second kappa shape index (κ2) is 7.40. The minimum Gasteiger partial charge on any atom is -0.351 e. The average molecular weight is 273 g/mol. The van der Waals surface area contributed by atoms with Gasteiger partial charge in [-0.25, -0.2) is 0 Å². The van der Waals surface area contributed by atoms with Crippen LogP contribution >= 0.6 is 0 Å². The van der Waals surface area contributed by atoms with Gasteiger partial charge in [-0.15, -0.1) is 10.2 Å². The van der Waals surface area contributed by atoms with Crippen molar-refractivity contribution in [1.29, 1.82) is 0 Å². The Kier molecular flexibility index (Phi) is 5.25. The predicted molar refractivity (Wildman–Crippen MR) is 75.9 cm³/mol. The molecule has 0 bridgehead atoms. The minimum absolute atomic E-state index is 0.00758. The Hall–Kier alpha value is -2.21. The first kappa shape index (κ1) is 14.2. The molecule has 0 radical (unpaired) electrons. The third-order valence-electron chi connectivity index (χ3n) is 2.95. The van der Waals surface area contributed by atoms with Crippen LogP contribution in [0.15, 0.2) is 36.7 Å². The molecular formula is C14H19N5O. The first-order chi connectivity index (χ1) is 9.75. The van der Waals surface area contributed by atoms with Crippen LogP contribution in [0.4, 0.5) is 0 Å². The largest absolute Gasteiger partial charge is 0.351 e. The number of rotatable bonds is 7. The normalized spacial score (nSPS) is 10.4. The van der Waals surface area contributed by atoms with E-state index in [0.717, 1.165) is 17.8 Å². The molecule has 1 heterocycles. The Balaban J connectivity index is 1.60. The molecule has 0 saturated carbocycles. The standard InChI is InChI=1S/C14H19N5O/c1-19-11-17-18-13(19)7-8-15-10-14(20)16-9-12-5-3-2-4-6-12/h2-6,11,15H,7-10H2,1H3,(H,16,20). The summed E-state index contributed by atoms with van der Waals surface area (Å²) in [5.41, 5.74) is 1.10. The van der Waals surface area contributed by atoms with Crippen molar-refractivity contribution in [3.8, 4) is 0 Å². The van der Waals surface area contributed by atoms with Gasteiger partial charge in [0.1, 0.15) is 12.2 Å². The van der Waals surface area contributed by atoms with Crippen LogP contribution in [0.3, 0.4) is 0 Å². The van der Waals surface area contributed by atoms with Crippen LogP contribution in [0.2, 0.25) is 0 Å². The second-order valence-corrected chi connectivity index (χ2v) is 4.55. The summed E-state index contributed by atoms with van der Waals surface area (Å²) in [5.74, 6) is 0.897. The van der Waals surface area contributed by atoms with Crippen LogP contribution in [-0.2, 0) is 24.8 Å². The van der Waals surface area contributed by atoms with Gasteiger partial charge in [-0.2, -0.15) is 0 Å². The monoisotopic (exact) mass is 273 g/mol. The summed E-state index contributed by atoms with van der Waals surface area (Å²) >= 11 is 0. The first-order valence-electron chi connectivity index (χ1n) is 6.60. The van der Waals surface area contributed by atoms with Gasteiger partial charge in [0.15, 0.2) is 0 Å². The summed E-state index contributed by atoms with van der Waals surface area (Å²) in [6.45, 7) is 1.57. The van der Waals surface area contributed by atoms with E-state index in [0.29, 0.717) is 19.6 Å². The Morgan fingerprint density at radius 1 is 1.30 bits per heavy atom. The fourth-order valence-corrected chi connectivity index (χ4v) is 1.79. The van der Waals surface area contributed by atoms with Crippen molar-refractivity contribution < 1.29 is 4.79 Å². The number of aryl methyl sites for hydroxylation is 1. The quantitative estimate of drug-likeness (QED) is 0.710. The molecule has 1 aromatic carbocycles. The molecule has 0 aliphatic rings. The third-order valence-corrected chi connectivity index (χ3v) is 2.95. The van der Waals surface area contributed by atoms with Gasteiger partial charge in [0, 0.05) is 26.6 Å². The molecule has 1 amide bonds. The van der Waals surface area contributed by atoms with Crippen LogP contribution in [0.5, 0.6) is 0 Å². The van der Waals surface area contributed by atoms with Gasteiger partial charge < -0.3 is 15.2 Å². The summed E-state index contributed by atoms with van der Waals surface area (Å²) in [6, 6.07) is 9.85. The van der Waals surface area contributed by atoms with Crippen molar-refractivity contribution in [3.63, 3.8) is 0 Å². The molecule has 0 atom stereocenters. The summed E-state index contributed by atoms with van der Waals surface area (Å²) in [4.78, 5) is 11.6. The molecule has 0 spiro atoms. The highest BCUT2D eigenvalue weighted by Gasteiger charge is 2.02. The molecule has 0 unspecified atom stereocenters. The number of benzene rings is 1. The number of hydrogen-bond donors (Lipinski definition) is 2. The van der Waals surface area contributed by atoms with Crippen molar-refractivity contribution in [2.24, 2.45) is 7.05 Å². The van der Waals surface area contributed by atoms with Gasteiger partial charge in [-0.3, -0.25) is 4.79 Å². The number of carbonyl (C=O) groups excluding carboxylic acids is 1. The molecular weight excluding hydrogens is 254 g/mol. The molecule has 2 rings (SSSR count). The molecule has 2 aromatic rings. The van der Waals surface area contributed by atoms with Gasteiger partial charge in [0.05, 0.1) is 6.54 Å². The van der Waals surface area contributed by atoms with Crippen molar-refractivity contribution in [3.05, 3.63) is 48.0 Å². The SMILES string of the molecule is Cn1cnnc1CCNCC(=O)NCc1ccccc1. The molecule has 0 aliphatic carbocycles. The number of nitrogens with one attached hydrogen (secondary N) is 2. The van der Waals surface area contributed by atoms with Crippen LogP contribution in [0.1, 0.15) is 11.4 Å². The number of nitrogens with zero attached hydrogens (tertiary/aromatic N) is 3. The maximum Gasteiger partial charge on any atom is 0.234 e. The van der Waals surface area contributed by atoms with Crippen LogP contribution < -0.4 is 10.6 Å². The maximum absolute atomic E-state index is 11.6. The van der Waals surface area contributed by atoms with Crippen molar-refractivity contribution >= 4 is 5.91 Å². The van der Waals surface area contributed by atoms with Gasteiger partial charge in [-0.05, 0) is 5.56 Å². The summed E-state index contributed by atoms with van der Waals surface area (Å²) < 4.78 is 1.87. The third kappa shape index (κ3) is 4.47. The fraction of sp³-hybridized carbons (Fsp3) is 0.357. The number of amides is 1. The van der Waals surface area contributed by atoms with E-state index in [9.17, 15) is 4.79 Å². The molecule has 0 fully saturated rings. The number of aromatic nitrogens is 3. The van der Waals surface area contributed by atoms with Crippen LogP contribution in [-0.4, -0.2) is 33.8 Å². The van der Waals surface area contributed by atoms with Crippen LogP contribution in [0, 0.1) is 0 Å². The number of hydrogen-bond acceptors (Lipinski definition) is 4. The fourth-order valence-electron chi connectivity index (χ4n) is 1.79. The Morgan fingerprint density at radius 3 is 2.80 bits per heavy atom. The lowest BCUT2D eigenvalue weighted by molar-refractivity contribution is -0.120. The zero-order valence-corrected chi connectivity index (χ0v) is 11.5. The van der Waals surface area contributed by atoms with E-state index >= 15 is 0 Å². The lowest BCUT2D eigenvalue weighted by Gasteiger charge is -2.06. The Labute approximate surface area is 118 Å². The molecule has 6 heteroatoms. The summed E-state index contributed by atoms with van der Waals surface area (Å²) in [7, 11) is 1.90. The van der Waals surface area contributed by atoms with E-state index in [1.54, 1.807) is 6.33 Å². The van der Waals surface area contributed by atoms with Gasteiger partial charge in [0.25, 0.3) is 0 Å². The highest BCUT2D eigenvalue weighted by Crippen LogP contribution is 1.96. The topological polar surface area (TPSA) is 71.8 Å². The first-order valence-corrected chi connectivity index (χ1v) is 6.60. The number of carbonyl (C=O) groups is 1. The van der Waals surface area contributed by atoms with Gasteiger partial charge >= 0.3 is 0 Å². The molecule has 6 nitrogen and oxygen atoms in total. The summed E-state index contributed by atoms with van der Waals surface area (Å²) in [6.07, 6.45) is 2.42. The zero-order chi connectivity index (χ0) is 14.2. The molecule has 0 saturated heterocycles. The second-order valence-electron chi connectivity index (χ2n) is 4.55. The highest BCUT2D eigenvalue weighted by atomic mass is 16.1.